The molecule has 0 radical (unpaired) electrons. The molecule has 2 N–H and O–H groups in total. The second-order valence-corrected chi connectivity index (χ2v) is 9.66. The minimum absolute atomic E-state index is 0.483. The average Bonchev–Trinajstić information content (AvgIpc) is 3.47. The summed E-state index contributed by atoms with van der Waals surface area (Å²) in [4.78, 5) is 13.2. The third-order valence-corrected chi connectivity index (χ3v) is 7.04. The van der Waals surface area contributed by atoms with Crippen molar-refractivity contribution in [3.8, 4) is 5.88 Å². The van der Waals surface area contributed by atoms with Crippen LogP contribution in [0, 0.1) is 11.8 Å². The first-order valence-electron chi connectivity index (χ1n) is 11.6. The van der Waals surface area contributed by atoms with Crippen LogP contribution in [0.1, 0.15) is 49.1 Å². The Bertz CT molecular complexity index is 819. The second-order valence-electron chi connectivity index (χ2n) is 8.68. The number of aromatic nitrogens is 1. The van der Waals surface area contributed by atoms with Crippen LogP contribution in [0.5, 0.6) is 5.88 Å². The van der Waals surface area contributed by atoms with E-state index in [1.54, 1.807) is 0 Å². The van der Waals surface area contributed by atoms with Crippen LogP contribution in [-0.4, -0.2) is 49.1 Å². The summed E-state index contributed by atoms with van der Waals surface area (Å²) in [5.74, 6) is 2.90. The molecule has 1 aliphatic heterocycles. The Morgan fingerprint density at radius 1 is 1.26 bits per heavy atom. The van der Waals surface area contributed by atoms with Crippen molar-refractivity contribution in [2.75, 3.05) is 33.3 Å². The highest BCUT2D eigenvalue weighted by Gasteiger charge is 2.31. The predicted octanol–water partition coefficient (Wildman–Crippen LogP) is 4.07. The Morgan fingerprint density at radius 3 is 2.87 bits per heavy atom. The maximum Gasteiger partial charge on any atom is 0.213 e. The lowest BCUT2D eigenvalue weighted by Crippen LogP contribution is -2.44. The first-order chi connectivity index (χ1) is 15.2. The molecule has 2 unspecified atom stereocenters. The van der Waals surface area contributed by atoms with Crippen LogP contribution < -0.4 is 15.4 Å². The van der Waals surface area contributed by atoms with Crippen molar-refractivity contribution in [3.63, 3.8) is 0 Å². The Balaban J connectivity index is 1.32. The van der Waals surface area contributed by atoms with E-state index in [-0.39, 0.29) is 0 Å². The summed E-state index contributed by atoms with van der Waals surface area (Å²) in [7, 11) is 2.25. The third kappa shape index (κ3) is 6.43. The molecule has 2 aromatic rings. The van der Waals surface area contributed by atoms with Gasteiger partial charge in [-0.1, -0.05) is 12.1 Å². The van der Waals surface area contributed by atoms with Crippen LogP contribution in [0.25, 0.3) is 0 Å². The fourth-order valence-corrected chi connectivity index (χ4v) is 5.18. The number of nitrogens with one attached hydrogen (secondary N) is 2. The molecule has 3 heterocycles. The summed E-state index contributed by atoms with van der Waals surface area (Å²) in [5.41, 5.74) is 1.09. The molecule has 2 aliphatic rings. The number of likely N-dealkylation sites (tertiary alicyclic amines) is 1. The number of guanidine groups is 1. The minimum atomic E-state index is 0.483. The van der Waals surface area contributed by atoms with Gasteiger partial charge < -0.3 is 15.4 Å². The molecular weight excluding hydrogens is 406 g/mol. The zero-order chi connectivity index (χ0) is 21.5. The van der Waals surface area contributed by atoms with Gasteiger partial charge in [-0.2, -0.15) is 0 Å². The van der Waals surface area contributed by atoms with E-state index in [0.717, 1.165) is 37.1 Å². The maximum atomic E-state index is 5.73. The smallest absolute Gasteiger partial charge is 0.213 e. The van der Waals surface area contributed by atoms with Crippen molar-refractivity contribution in [2.45, 2.75) is 45.2 Å². The summed E-state index contributed by atoms with van der Waals surface area (Å²) in [6.07, 6.45) is 6.94. The first-order valence-corrected chi connectivity index (χ1v) is 12.4. The van der Waals surface area contributed by atoms with Gasteiger partial charge in [-0.3, -0.25) is 4.90 Å². The van der Waals surface area contributed by atoms with Gasteiger partial charge in [0.15, 0.2) is 5.96 Å². The fraction of sp³-hybridized carbons (Fsp3) is 0.583. The van der Waals surface area contributed by atoms with Gasteiger partial charge in [-0.05, 0) is 75.0 Å². The van der Waals surface area contributed by atoms with Gasteiger partial charge in [-0.25, -0.2) is 9.98 Å². The predicted molar refractivity (Wildman–Crippen MR) is 128 cm³/mol. The van der Waals surface area contributed by atoms with E-state index < -0.39 is 0 Å². The standard InChI is InChI=1S/C24H35N5OS/c1-3-25-24(27-15-19-10-11-22(26-14-19)30-17-18-8-9-18)28-16-20-6-4-12-29(2)23(20)21-7-5-13-31-21/h5,7,10-11,13-14,18,20,23H,3-4,6,8-9,12,15-17H2,1-2H3,(H2,25,27,28). The summed E-state index contributed by atoms with van der Waals surface area (Å²) in [6, 6.07) is 8.93. The van der Waals surface area contributed by atoms with Crippen LogP contribution >= 0.6 is 11.3 Å². The molecule has 1 aliphatic carbocycles. The molecule has 1 saturated carbocycles. The number of ether oxygens (including phenoxy) is 1. The lowest BCUT2D eigenvalue weighted by atomic mass is 9.88. The lowest BCUT2D eigenvalue weighted by Gasteiger charge is -2.39. The summed E-state index contributed by atoms with van der Waals surface area (Å²) < 4.78 is 5.73. The van der Waals surface area contributed by atoms with E-state index in [0.29, 0.717) is 24.4 Å². The largest absolute Gasteiger partial charge is 0.477 e. The van der Waals surface area contributed by atoms with E-state index in [2.05, 4.69) is 58.1 Å². The summed E-state index contributed by atoms with van der Waals surface area (Å²) >= 11 is 1.87. The molecule has 0 amide bonds. The molecule has 2 atom stereocenters. The highest BCUT2D eigenvalue weighted by Crippen LogP contribution is 2.36. The first kappa shape index (κ1) is 22.1. The maximum absolute atomic E-state index is 5.73. The Labute approximate surface area is 190 Å². The Kier molecular flexibility index (Phi) is 7.81. The van der Waals surface area contributed by atoms with Crippen LogP contribution in [-0.2, 0) is 6.54 Å². The summed E-state index contributed by atoms with van der Waals surface area (Å²) in [5, 5.41) is 9.17. The van der Waals surface area contributed by atoms with Crippen molar-refractivity contribution in [1.82, 2.24) is 20.5 Å². The second kappa shape index (κ2) is 11.0. The zero-order valence-electron chi connectivity index (χ0n) is 18.7. The zero-order valence-corrected chi connectivity index (χ0v) is 19.5. The number of hydrogen-bond donors (Lipinski definition) is 2. The number of hydrogen-bond acceptors (Lipinski definition) is 5. The molecule has 2 fully saturated rings. The van der Waals surface area contributed by atoms with Crippen LogP contribution in [0.15, 0.2) is 40.8 Å². The van der Waals surface area contributed by atoms with Crippen molar-refractivity contribution >= 4 is 17.3 Å². The molecule has 4 rings (SSSR count). The number of piperidine rings is 1. The van der Waals surface area contributed by atoms with E-state index >= 15 is 0 Å². The highest BCUT2D eigenvalue weighted by atomic mass is 32.1. The molecule has 168 valence electrons. The third-order valence-electron chi connectivity index (χ3n) is 6.10. The number of nitrogens with zero attached hydrogens (tertiary/aromatic N) is 3. The van der Waals surface area contributed by atoms with Gasteiger partial charge in [0, 0.05) is 36.3 Å². The number of aliphatic imine (C=N–C) groups is 1. The van der Waals surface area contributed by atoms with Crippen LogP contribution in [0.3, 0.4) is 0 Å². The van der Waals surface area contributed by atoms with Crippen molar-refractivity contribution in [3.05, 3.63) is 46.3 Å². The highest BCUT2D eigenvalue weighted by molar-refractivity contribution is 7.10. The number of rotatable bonds is 9. The number of pyridine rings is 1. The minimum Gasteiger partial charge on any atom is -0.477 e. The Hall–Kier alpha value is -2.12. The molecule has 6 nitrogen and oxygen atoms in total. The monoisotopic (exact) mass is 441 g/mol. The van der Waals surface area contributed by atoms with Gasteiger partial charge >= 0.3 is 0 Å². The van der Waals surface area contributed by atoms with Crippen molar-refractivity contribution in [1.29, 1.82) is 0 Å². The van der Waals surface area contributed by atoms with E-state index in [4.69, 9.17) is 9.73 Å². The van der Waals surface area contributed by atoms with E-state index in [1.165, 1.54) is 37.1 Å². The molecule has 7 heteroatoms. The molecule has 0 bridgehead atoms. The quantitative estimate of drug-likeness (QED) is 0.454. The van der Waals surface area contributed by atoms with Crippen LogP contribution in [0.2, 0.25) is 0 Å². The van der Waals surface area contributed by atoms with Gasteiger partial charge in [0.2, 0.25) is 5.88 Å². The molecule has 1 saturated heterocycles. The van der Waals surface area contributed by atoms with Gasteiger partial charge in [0.1, 0.15) is 0 Å². The molecule has 31 heavy (non-hydrogen) atoms. The SMILES string of the molecule is CCNC(=NCc1ccc(OCC2CC2)nc1)NCC1CCCN(C)C1c1cccs1. The average molecular weight is 442 g/mol. The Morgan fingerprint density at radius 2 is 2.16 bits per heavy atom. The van der Waals surface area contributed by atoms with Crippen LogP contribution in [0.4, 0.5) is 0 Å². The van der Waals surface area contributed by atoms with Gasteiger partial charge in [0.25, 0.3) is 0 Å². The van der Waals surface area contributed by atoms with E-state index in [1.807, 2.05) is 23.6 Å². The molecule has 2 aromatic heterocycles. The van der Waals surface area contributed by atoms with Gasteiger partial charge in [-0.15, -0.1) is 11.3 Å². The summed E-state index contributed by atoms with van der Waals surface area (Å²) in [6.45, 7) is 6.43. The number of thiophene rings is 1. The molecule has 0 aromatic carbocycles. The van der Waals surface area contributed by atoms with Crippen molar-refractivity contribution in [2.24, 2.45) is 16.8 Å². The lowest BCUT2D eigenvalue weighted by molar-refractivity contribution is 0.125. The van der Waals surface area contributed by atoms with Crippen molar-refractivity contribution < 1.29 is 4.74 Å². The van der Waals surface area contributed by atoms with Gasteiger partial charge in [0.05, 0.1) is 13.2 Å². The normalized spacial score (nSPS) is 22.3. The fourth-order valence-electron chi connectivity index (χ4n) is 4.20. The van der Waals surface area contributed by atoms with E-state index in [9.17, 15) is 0 Å². The molecule has 0 spiro atoms. The topological polar surface area (TPSA) is 61.8 Å². The molecular formula is C24H35N5OS.